The van der Waals surface area contributed by atoms with Gasteiger partial charge in [0.1, 0.15) is 30.0 Å². The maximum Gasteiger partial charge on any atom is 0.490 e. The zero-order chi connectivity index (χ0) is 37.2. The standard InChI is InChI=1S/C33H31F4N5O3.C2HF3O2/c34-21-2-3-22-20(13-31(43)40-28(32-41-39-18-45-32)12-19-1-4-24(35)25(36)11-19)17-33(23(22)14-21)5-8-42(9-6-33)29-16-30-27(15-26(29)37)38-7-10-44-30;3-2(4,5)1(6)7/h1-4,11,14-16,18,20,28,38H,5-10,12-13,17H2,(H,40,43);(H,6,7)/t20-,28-;/m1./s1. The smallest absolute Gasteiger partial charge is 0.490 e. The van der Waals surface area contributed by atoms with Crippen molar-refractivity contribution in [1.82, 2.24) is 15.5 Å². The minimum absolute atomic E-state index is 0.109. The molecule has 10 nitrogen and oxygen atoms in total. The van der Waals surface area contributed by atoms with E-state index in [0.717, 1.165) is 29.7 Å². The van der Waals surface area contributed by atoms with E-state index in [1.807, 2.05) is 4.90 Å². The summed E-state index contributed by atoms with van der Waals surface area (Å²) in [5.41, 5.74) is 3.03. The van der Waals surface area contributed by atoms with Gasteiger partial charge in [0.25, 0.3) is 0 Å². The summed E-state index contributed by atoms with van der Waals surface area (Å²) >= 11 is 0. The fraction of sp³-hybridized carbons (Fsp3) is 0.371. The van der Waals surface area contributed by atoms with Crippen molar-refractivity contribution in [3.8, 4) is 5.75 Å². The van der Waals surface area contributed by atoms with Crippen LogP contribution in [0.25, 0.3) is 0 Å². The average molecular weight is 736 g/mol. The SMILES string of the molecule is O=C(C[C@@H]1CC2(CCN(c3cc4c(cc3F)NCCO4)CC2)c2cc(F)ccc21)N[C@H](Cc1ccc(F)c(F)c1)c1nnco1.O=C(O)C(F)(F)F. The van der Waals surface area contributed by atoms with Crippen molar-refractivity contribution in [2.75, 3.05) is 36.5 Å². The molecule has 0 saturated carbocycles. The summed E-state index contributed by atoms with van der Waals surface area (Å²) < 4.78 is 99.9. The molecule has 0 bridgehead atoms. The molecule has 17 heteroatoms. The van der Waals surface area contributed by atoms with Gasteiger partial charge in [-0.1, -0.05) is 12.1 Å². The Labute approximate surface area is 292 Å². The largest absolute Gasteiger partial charge is 0.490 e. The Balaban J connectivity index is 0.000000604. The highest BCUT2D eigenvalue weighted by atomic mass is 19.4. The number of piperidine rings is 1. The number of carbonyl (C=O) groups is 2. The lowest BCUT2D eigenvalue weighted by Crippen LogP contribution is -2.42. The summed E-state index contributed by atoms with van der Waals surface area (Å²) in [4.78, 5) is 24.4. The van der Waals surface area contributed by atoms with Crippen LogP contribution in [-0.4, -0.2) is 59.6 Å². The van der Waals surface area contributed by atoms with E-state index in [9.17, 15) is 31.1 Å². The lowest BCUT2D eigenvalue weighted by atomic mass is 9.73. The first kappa shape index (κ1) is 36.4. The van der Waals surface area contributed by atoms with Gasteiger partial charge in [0, 0.05) is 44.6 Å². The minimum Gasteiger partial charge on any atom is -0.490 e. The van der Waals surface area contributed by atoms with Crippen molar-refractivity contribution < 1.29 is 54.6 Å². The highest BCUT2D eigenvalue weighted by Gasteiger charge is 2.46. The van der Waals surface area contributed by atoms with Crippen LogP contribution in [0.1, 0.15) is 60.2 Å². The number of anilines is 2. The van der Waals surface area contributed by atoms with Crippen LogP contribution >= 0.6 is 0 Å². The minimum atomic E-state index is -5.08. The number of carbonyl (C=O) groups excluding carboxylic acids is 1. The Morgan fingerprint density at radius 2 is 1.77 bits per heavy atom. The van der Waals surface area contributed by atoms with Crippen LogP contribution in [0.15, 0.2) is 59.3 Å². The van der Waals surface area contributed by atoms with Gasteiger partial charge in [-0.15, -0.1) is 10.2 Å². The van der Waals surface area contributed by atoms with Crippen LogP contribution in [0.5, 0.6) is 5.75 Å². The van der Waals surface area contributed by atoms with Gasteiger partial charge in [0.15, 0.2) is 11.6 Å². The molecule has 4 aromatic rings. The third kappa shape index (κ3) is 7.92. The third-order valence-electron chi connectivity index (χ3n) is 9.56. The fourth-order valence-corrected chi connectivity index (χ4v) is 7.17. The fourth-order valence-electron chi connectivity index (χ4n) is 7.17. The maximum absolute atomic E-state index is 15.1. The molecule has 1 aliphatic carbocycles. The van der Waals surface area contributed by atoms with Crippen molar-refractivity contribution in [2.45, 2.75) is 55.7 Å². The molecule has 0 unspecified atom stereocenters. The molecular formula is C35H32F7N5O5. The van der Waals surface area contributed by atoms with Gasteiger partial charge >= 0.3 is 12.1 Å². The molecule has 1 saturated heterocycles. The summed E-state index contributed by atoms with van der Waals surface area (Å²) in [6, 6.07) is 10.7. The zero-order valence-electron chi connectivity index (χ0n) is 27.3. The molecule has 2 aliphatic heterocycles. The maximum atomic E-state index is 15.1. The van der Waals surface area contributed by atoms with Crippen molar-refractivity contribution in [3.05, 3.63) is 101 Å². The van der Waals surface area contributed by atoms with Crippen molar-refractivity contribution in [3.63, 3.8) is 0 Å². The number of aromatic nitrogens is 2. The number of nitrogens with one attached hydrogen (secondary N) is 2. The second-order valence-electron chi connectivity index (χ2n) is 12.8. The number of fused-ring (bicyclic) bond motifs is 3. The quantitative estimate of drug-likeness (QED) is 0.180. The summed E-state index contributed by atoms with van der Waals surface area (Å²) in [5.74, 6) is -5.08. The first-order valence-corrected chi connectivity index (χ1v) is 16.3. The number of carboxylic acids is 1. The predicted octanol–water partition coefficient (Wildman–Crippen LogP) is 6.58. The lowest BCUT2D eigenvalue weighted by molar-refractivity contribution is -0.192. The molecule has 3 aliphatic rings. The van der Waals surface area contributed by atoms with E-state index in [1.54, 1.807) is 18.2 Å². The van der Waals surface area contributed by atoms with Crippen molar-refractivity contribution >= 4 is 23.3 Å². The molecule has 2 atom stereocenters. The third-order valence-corrected chi connectivity index (χ3v) is 9.56. The molecule has 3 aromatic carbocycles. The number of aliphatic carboxylic acids is 1. The normalized spacial score (nSPS) is 17.9. The van der Waals surface area contributed by atoms with Crippen molar-refractivity contribution in [2.24, 2.45) is 0 Å². The Morgan fingerprint density at radius 1 is 1.02 bits per heavy atom. The van der Waals surface area contributed by atoms with E-state index in [4.69, 9.17) is 19.1 Å². The van der Waals surface area contributed by atoms with Gasteiger partial charge in [0.05, 0.1) is 11.4 Å². The van der Waals surface area contributed by atoms with E-state index in [-0.39, 0.29) is 47.6 Å². The summed E-state index contributed by atoms with van der Waals surface area (Å²) in [6.07, 6.45) is -1.75. The van der Waals surface area contributed by atoms with Crippen LogP contribution in [-0.2, 0) is 21.4 Å². The van der Waals surface area contributed by atoms with Gasteiger partial charge in [-0.2, -0.15) is 13.2 Å². The van der Waals surface area contributed by atoms with Gasteiger partial charge in [-0.3, -0.25) is 4.79 Å². The second kappa shape index (κ2) is 14.7. The van der Waals surface area contributed by atoms with E-state index in [1.165, 1.54) is 18.2 Å². The molecule has 3 heterocycles. The Bertz CT molecular complexity index is 1930. The van der Waals surface area contributed by atoms with Gasteiger partial charge in [-0.25, -0.2) is 22.4 Å². The molecule has 276 valence electrons. The van der Waals surface area contributed by atoms with E-state index in [2.05, 4.69) is 20.8 Å². The van der Waals surface area contributed by atoms with Crippen LogP contribution in [0, 0.1) is 23.3 Å². The molecule has 0 radical (unpaired) electrons. The van der Waals surface area contributed by atoms with E-state index >= 15 is 4.39 Å². The molecule has 1 amide bonds. The Kier molecular flexibility index (Phi) is 10.3. The number of hydrogen-bond donors (Lipinski definition) is 3. The molecular weight excluding hydrogens is 703 g/mol. The number of halogens is 7. The number of benzene rings is 3. The van der Waals surface area contributed by atoms with E-state index < -0.39 is 29.8 Å². The number of amides is 1. The monoisotopic (exact) mass is 735 g/mol. The van der Waals surface area contributed by atoms with Gasteiger partial charge < -0.3 is 29.8 Å². The molecule has 3 N–H and O–H groups in total. The summed E-state index contributed by atoms with van der Waals surface area (Å²) in [5, 5.41) is 20.8. The highest BCUT2D eigenvalue weighted by molar-refractivity contribution is 5.78. The number of nitrogens with zero attached hydrogens (tertiary/aromatic N) is 3. The Morgan fingerprint density at radius 3 is 2.44 bits per heavy atom. The lowest BCUT2D eigenvalue weighted by Gasteiger charge is -2.41. The van der Waals surface area contributed by atoms with Crippen LogP contribution in [0.4, 0.5) is 42.1 Å². The zero-order valence-corrected chi connectivity index (χ0v) is 27.3. The number of alkyl halides is 3. The average Bonchev–Trinajstić information content (AvgIpc) is 3.73. The van der Waals surface area contributed by atoms with Gasteiger partial charge in [-0.05, 0) is 71.6 Å². The highest BCUT2D eigenvalue weighted by Crippen LogP contribution is 2.53. The predicted molar refractivity (Wildman–Crippen MR) is 171 cm³/mol. The first-order chi connectivity index (χ1) is 24.7. The number of rotatable bonds is 7. The topological polar surface area (TPSA) is 130 Å². The number of carboxylic acid groups (broad SMARTS) is 1. The number of hydrogen-bond acceptors (Lipinski definition) is 8. The second-order valence-corrected chi connectivity index (χ2v) is 12.8. The van der Waals surface area contributed by atoms with Crippen molar-refractivity contribution in [1.29, 1.82) is 0 Å². The molecule has 52 heavy (non-hydrogen) atoms. The Hall–Kier alpha value is -5.35. The van der Waals surface area contributed by atoms with Crippen LogP contribution in [0.2, 0.25) is 0 Å². The van der Waals surface area contributed by atoms with E-state index in [0.29, 0.717) is 68.2 Å². The molecule has 1 spiro atoms. The number of ether oxygens (including phenoxy) is 1. The van der Waals surface area contributed by atoms with Gasteiger partial charge in [0.2, 0.25) is 18.2 Å². The first-order valence-electron chi connectivity index (χ1n) is 16.3. The molecule has 7 rings (SSSR count). The molecule has 1 aromatic heterocycles. The van der Waals surface area contributed by atoms with Crippen LogP contribution in [0.3, 0.4) is 0 Å². The molecule has 1 fully saturated rings. The van der Waals surface area contributed by atoms with Crippen LogP contribution < -0.4 is 20.3 Å². The summed E-state index contributed by atoms with van der Waals surface area (Å²) in [7, 11) is 0. The summed E-state index contributed by atoms with van der Waals surface area (Å²) in [6.45, 7) is 2.26.